The molecular formula is C47H78N14O19S. The molecule has 13 amide bonds. The van der Waals surface area contributed by atoms with Crippen LogP contribution in [0.4, 0.5) is 0 Å². The number of carbonyl (C=O) groups excluding carboxylic acids is 13. The third-order valence-corrected chi connectivity index (χ3v) is 13.6. The van der Waals surface area contributed by atoms with Crippen molar-refractivity contribution in [1.29, 1.82) is 0 Å². The lowest BCUT2D eigenvalue weighted by Gasteiger charge is -2.30. The summed E-state index contributed by atoms with van der Waals surface area (Å²) in [5.41, 5.74) is 16.1. The Morgan fingerprint density at radius 2 is 0.901 bits per heavy atom. The number of rotatable bonds is 34. The van der Waals surface area contributed by atoms with E-state index >= 15 is 0 Å². The minimum Gasteiger partial charge on any atom is -0.480 e. The largest absolute Gasteiger partial charge is 0.480 e. The molecule has 0 radical (unpaired) electrons. The molecule has 0 saturated carbocycles. The van der Waals surface area contributed by atoms with E-state index in [0.717, 1.165) is 16.7 Å². The average molecular weight is 1180 g/mol. The van der Waals surface area contributed by atoms with E-state index in [1.807, 2.05) is 0 Å². The highest BCUT2D eigenvalue weighted by Gasteiger charge is 2.42. The van der Waals surface area contributed by atoms with Gasteiger partial charge in [-0.15, -0.1) is 0 Å². The lowest BCUT2D eigenvalue weighted by atomic mass is 10.1. The van der Waals surface area contributed by atoms with E-state index in [1.165, 1.54) is 32.5 Å². The number of carboxylic acid groups (broad SMARTS) is 1. The number of aliphatic carboxylic acids is 1. The van der Waals surface area contributed by atoms with Gasteiger partial charge < -0.3 is 100 Å². The highest BCUT2D eigenvalue weighted by molar-refractivity contribution is 7.98. The summed E-state index contributed by atoms with van der Waals surface area (Å²) in [6, 6.07) is -18.0. The second-order valence-electron chi connectivity index (χ2n) is 19.4. The first-order chi connectivity index (χ1) is 38.0. The topological polar surface area (TPSA) is 533 Å². The number of aliphatic hydroxyl groups excluding tert-OH is 4. The highest BCUT2D eigenvalue weighted by Crippen LogP contribution is 2.20. The fraction of sp³-hybridized carbons (Fsp3) is 0.702. The van der Waals surface area contributed by atoms with Crippen LogP contribution in [0.3, 0.4) is 0 Å². The zero-order valence-electron chi connectivity index (χ0n) is 45.6. The molecule has 2 fully saturated rings. The summed E-state index contributed by atoms with van der Waals surface area (Å²) in [5.74, 6) is -14.0. The molecule has 20 N–H and O–H groups in total. The van der Waals surface area contributed by atoms with E-state index in [9.17, 15) is 92.7 Å². The maximum atomic E-state index is 13.8. The van der Waals surface area contributed by atoms with Crippen LogP contribution in [0.25, 0.3) is 0 Å². The lowest BCUT2D eigenvalue weighted by Crippen LogP contribution is -2.62. The molecule has 2 aliphatic rings. The number of primary amides is 2. The third kappa shape index (κ3) is 22.0. The summed E-state index contributed by atoms with van der Waals surface area (Å²) in [4.78, 5) is 184. The lowest BCUT2D eigenvalue weighted by molar-refractivity contribution is -0.149. The third-order valence-electron chi connectivity index (χ3n) is 12.9. The van der Waals surface area contributed by atoms with Gasteiger partial charge in [0.15, 0.2) is 0 Å². The number of hydrogen-bond acceptors (Lipinski definition) is 20. The number of likely N-dealkylation sites (tertiary alicyclic amines) is 2. The molecule has 0 bridgehead atoms. The predicted octanol–water partition coefficient (Wildman–Crippen LogP) is -9.55. The first kappa shape index (κ1) is 69.8. The highest BCUT2D eigenvalue weighted by atomic mass is 32.2. The molecule has 13 atom stereocenters. The fourth-order valence-electron chi connectivity index (χ4n) is 8.32. The van der Waals surface area contributed by atoms with Crippen molar-refractivity contribution in [1.82, 2.24) is 57.7 Å². The minimum absolute atomic E-state index is 0.0227. The van der Waals surface area contributed by atoms with Crippen LogP contribution in [0.2, 0.25) is 0 Å². The van der Waals surface area contributed by atoms with Crippen molar-refractivity contribution in [3.63, 3.8) is 0 Å². The number of aliphatic hydroxyl groups is 4. The van der Waals surface area contributed by atoms with Gasteiger partial charge in [-0.05, 0) is 84.6 Å². The van der Waals surface area contributed by atoms with E-state index in [0.29, 0.717) is 6.42 Å². The number of thioether (sulfide) groups is 1. The van der Waals surface area contributed by atoms with Crippen LogP contribution in [0.5, 0.6) is 0 Å². The Morgan fingerprint density at radius 3 is 1.33 bits per heavy atom. The van der Waals surface area contributed by atoms with Gasteiger partial charge in [0, 0.05) is 25.9 Å². The van der Waals surface area contributed by atoms with Crippen molar-refractivity contribution in [3.05, 3.63) is 0 Å². The quantitative estimate of drug-likeness (QED) is 0.0284. The van der Waals surface area contributed by atoms with Crippen molar-refractivity contribution in [2.45, 2.75) is 164 Å². The average Bonchev–Trinajstić information content (AvgIpc) is 4.20. The van der Waals surface area contributed by atoms with Crippen LogP contribution >= 0.6 is 11.8 Å². The number of amides is 13. The van der Waals surface area contributed by atoms with Crippen LogP contribution in [-0.4, -0.2) is 242 Å². The van der Waals surface area contributed by atoms with E-state index < -0.39 is 207 Å². The van der Waals surface area contributed by atoms with Gasteiger partial charge >= 0.3 is 5.97 Å². The Hall–Kier alpha value is -7.27. The summed E-state index contributed by atoms with van der Waals surface area (Å²) in [6.07, 6.45) is -1.34. The van der Waals surface area contributed by atoms with E-state index in [4.69, 9.17) is 17.2 Å². The Kier molecular flexibility index (Phi) is 29.4. The molecule has 2 rings (SSSR count). The Labute approximate surface area is 469 Å². The monoisotopic (exact) mass is 1170 g/mol. The molecule has 33 nitrogen and oxygen atoms in total. The standard InChI is InChI=1S/C47H78N14O19S/c1-21(48)36(68)51-22(2)37(69)58-30(20-64)46(78)60-15-6-8-31(60)43(75)59-35(24(4)65)44(76)55-26(11-13-34(50)67)39(71)56-29(19-63)42(74)54-27(14-17-81-5)40(72)57-28(18-62)41(73)53-25(10-12-33(49)66)38(70)52-23(3)45(77)61-16-7-9-32(61)47(79)80/h21-32,35,62-65H,6-20,48H2,1-5H3,(H2,49,66)(H2,50,67)(H,51,68)(H,52,70)(H,53,73)(H,54,74)(H,55,76)(H,56,71)(H,57,72)(H,58,69)(H,59,75)(H,79,80)/t21-,22-,23-,24+,25-,26-,27-,28-,29-,30-,31-,32-,35-/m0/s1. The Bertz CT molecular complexity index is 2300. The van der Waals surface area contributed by atoms with Crippen LogP contribution < -0.4 is 65.1 Å². The van der Waals surface area contributed by atoms with Gasteiger partial charge in [0.25, 0.3) is 0 Å². The van der Waals surface area contributed by atoms with Crippen molar-refractivity contribution < 1.29 is 92.7 Å². The molecule has 2 saturated heterocycles. The molecule has 0 aromatic carbocycles. The van der Waals surface area contributed by atoms with Gasteiger partial charge in [0.1, 0.15) is 66.5 Å². The molecule has 34 heteroatoms. The number of carboxylic acids is 1. The summed E-state index contributed by atoms with van der Waals surface area (Å²) < 4.78 is 0. The van der Waals surface area contributed by atoms with Crippen LogP contribution in [0.1, 0.15) is 85.5 Å². The first-order valence-electron chi connectivity index (χ1n) is 25.9. The van der Waals surface area contributed by atoms with Crippen molar-refractivity contribution in [3.8, 4) is 0 Å². The molecule has 0 aromatic heterocycles. The number of nitrogens with two attached hydrogens (primary N) is 3. The number of nitrogens with one attached hydrogen (secondary N) is 9. The van der Waals surface area contributed by atoms with E-state index in [2.05, 4.69) is 47.9 Å². The number of nitrogens with zero attached hydrogens (tertiary/aromatic N) is 2. The van der Waals surface area contributed by atoms with Crippen LogP contribution in [-0.2, 0) is 67.1 Å². The van der Waals surface area contributed by atoms with Gasteiger partial charge in [-0.3, -0.25) is 62.3 Å². The maximum Gasteiger partial charge on any atom is 0.326 e. The summed E-state index contributed by atoms with van der Waals surface area (Å²) in [6.45, 7) is 1.96. The number of carbonyl (C=O) groups is 14. The van der Waals surface area contributed by atoms with Crippen LogP contribution in [0.15, 0.2) is 0 Å². The van der Waals surface area contributed by atoms with Gasteiger partial charge in [-0.1, -0.05) is 0 Å². The van der Waals surface area contributed by atoms with Crippen LogP contribution in [0, 0.1) is 0 Å². The van der Waals surface area contributed by atoms with Crippen molar-refractivity contribution in [2.24, 2.45) is 17.2 Å². The summed E-state index contributed by atoms with van der Waals surface area (Å²) in [7, 11) is 0. The van der Waals surface area contributed by atoms with Crippen molar-refractivity contribution in [2.75, 3.05) is 44.9 Å². The first-order valence-corrected chi connectivity index (χ1v) is 27.3. The van der Waals surface area contributed by atoms with Gasteiger partial charge in [0.2, 0.25) is 76.8 Å². The molecule has 2 heterocycles. The second-order valence-corrected chi connectivity index (χ2v) is 20.4. The molecule has 0 spiro atoms. The molecule has 456 valence electrons. The molecule has 0 aromatic rings. The molecular weight excluding hydrogens is 1100 g/mol. The van der Waals surface area contributed by atoms with Gasteiger partial charge in [0.05, 0.1) is 32.0 Å². The summed E-state index contributed by atoms with van der Waals surface area (Å²) >= 11 is 1.21. The second kappa shape index (κ2) is 34.1. The SMILES string of the molecule is CSCC[C@H](NC(=O)[C@H](CO)NC(=O)[C@H](CCC(N)=O)NC(=O)[C@@H](NC(=O)[C@@H]1CCCN1C(=O)[C@H](CO)NC(=O)[C@H](C)NC(=O)[C@H](C)N)[C@@H](C)O)C(=O)N[C@@H](CO)C(=O)N[C@@H](CCC(N)=O)C(=O)N[C@@H](C)C(=O)N1CCC[C@H]1C(=O)O. The zero-order valence-corrected chi connectivity index (χ0v) is 46.4. The zero-order chi connectivity index (χ0) is 61.4. The van der Waals surface area contributed by atoms with E-state index in [1.54, 1.807) is 6.26 Å². The molecule has 81 heavy (non-hydrogen) atoms. The van der Waals surface area contributed by atoms with Gasteiger partial charge in [-0.25, -0.2) is 4.79 Å². The summed E-state index contributed by atoms with van der Waals surface area (Å²) in [5, 5.41) is 71.3. The normalized spacial score (nSPS) is 18.9. The molecule has 0 aliphatic carbocycles. The Balaban J connectivity index is 2.24. The smallest absolute Gasteiger partial charge is 0.326 e. The predicted molar refractivity (Wildman–Crippen MR) is 282 cm³/mol. The minimum atomic E-state index is -1.89. The Morgan fingerprint density at radius 1 is 0.506 bits per heavy atom. The van der Waals surface area contributed by atoms with Crippen molar-refractivity contribution >= 4 is 94.5 Å². The number of hydrogen-bond donors (Lipinski definition) is 17. The van der Waals surface area contributed by atoms with Gasteiger partial charge in [-0.2, -0.15) is 11.8 Å². The maximum absolute atomic E-state index is 13.8. The molecule has 2 aliphatic heterocycles. The molecule has 0 unspecified atom stereocenters. The van der Waals surface area contributed by atoms with E-state index in [-0.39, 0.29) is 44.5 Å². The fourth-order valence-corrected chi connectivity index (χ4v) is 8.79.